The Morgan fingerprint density at radius 3 is 1.68 bits per heavy atom. The van der Waals surface area contributed by atoms with E-state index in [9.17, 15) is 4.79 Å². The highest BCUT2D eigenvalue weighted by atomic mass is 16.1. The summed E-state index contributed by atoms with van der Waals surface area (Å²) in [5, 5.41) is 0. The molecule has 0 fully saturated rings. The van der Waals surface area contributed by atoms with Gasteiger partial charge in [-0.15, -0.1) is 0 Å². The van der Waals surface area contributed by atoms with E-state index < -0.39 is 0 Å². The molecule has 0 N–H and O–H groups in total. The zero-order valence-corrected chi connectivity index (χ0v) is 11.8. The first-order chi connectivity index (χ1) is 9.20. The normalized spacial score (nSPS) is 9.63. The van der Waals surface area contributed by atoms with Crippen LogP contribution in [0.15, 0.2) is 66.7 Å². The van der Waals surface area contributed by atoms with Gasteiger partial charge >= 0.3 is 0 Å². The van der Waals surface area contributed by atoms with Gasteiger partial charge in [0.1, 0.15) is 0 Å². The van der Waals surface area contributed by atoms with Gasteiger partial charge in [0.25, 0.3) is 0 Å². The molecule has 0 bridgehead atoms. The van der Waals surface area contributed by atoms with Gasteiger partial charge in [-0.05, 0) is 12.3 Å². The third-order valence-electron chi connectivity index (χ3n) is 2.71. The Morgan fingerprint density at radius 2 is 1.26 bits per heavy atom. The first-order valence-electron chi connectivity index (χ1n) is 6.78. The van der Waals surface area contributed by atoms with Crippen molar-refractivity contribution in [3.05, 3.63) is 72.3 Å². The van der Waals surface area contributed by atoms with Crippen LogP contribution in [-0.2, 0) is 0 Å². The van der Waals surface area contributed by atoms with E-state index in [2.05, 4.69) is 13.8 Å². The molecule has 0 aliphatic carbocycles. The van der Waals surface area contributed by atoms with Crippen molar-refractivity contribution in [1.82, 2.24) is 0 Å². The highest BCUT2D eigenvalue weighted by molar-refractivity contribution is 5.95. The van der Waals surface area contributed by atoms with Crippen molar-refractivity contribution in [2.45, 2.75) is 26.7 Å². The molecular weight excluding hydrogens is 232 g/mol. The summed E-state index contributed by atoms with van der Waals surface area (Å²) in [6, 6.07) is 21.5. The van der Waals surface area contributed by atoms with Crippen molar-refractivity contribution in [2.24, 2.45) is 5.92 Å². The van der Waals surface area contributed by atoms with Crippen LogP contribution in [-0.4, -0.2) is 5.78 Å². The number of benzene rings is 2. The second kappa shape index (κ2) is 9.09. The van der Waals surface area contributed by atoms with E-state index in [1.165, 1.54) is 0 Å². The van der Waals surface area contributed by atoms with Gasteiger partial charge in [-0.2, -0.15) is 0 Å². The van der Waals surface area contributed by atoms with Crippen LogP contribution < -0.4 is 0 Å². The van der Waals surface area contributed by atoms with E-state index in [4.69, 9.17) is 0 Å². The quantitative estimate of drug-likeness (QED) is 0.702. The SMILES string of the molecule is CC(C)CCC(=O)c1ccccc1.c1ccccc1. The van der Waals surface area contributed by atoms with Crippen LogP contribution in [0, 0.1) is 5.92 Å². The number of Topliss-reactive ketones (excluding diaryl/α,β-unsaturated/α-hetero) is 1. The summed E-state index contributed by atoms with van der Waals surface area (Å²) in [5.74, 6) is 0.863. The predicted octanol–water partition coefficient (Wildman–Crippen LogP) is 4.99. The Labute approximate surface area is 116 Å². The first-order valence-corrected chi connectivity index (χ1v) is 6.78. The van der Waals surface area contributed by atoms with Crippen LogP contribution in [0.1, 0.15) is 37.0 Å². The largest absolute Gasteiger partial charge is 0.294 e. The zero-order valence-electron chi connectivity index (χ0n) is 11.8. The molecule has 2 aromatic rings. The van der Waals surface area contributed by atoms with Gasteiger partial charge in [0, 0.05) is 12.0 Å². The van der Waals surface area contributed by atoms with Crippen LogP contribution in [0.3, 0.4) is 0 Å². The lowest BCUT2D eigenvalue weighted by Gasteiger charge is -2.03. The van der Waals surface area contributed by atoms with Gasteiger partial charge in [0.2, 0.25) is 0 Å². The number of carbonyl (C=O) groups excluding carboxylic acids is 1. The molecule has 1 heteroatoms. The maximum atomic E-state index is 11.5. The highest BCUT2D eigenvalue weighted by Crippen LogP contribution is 2.09. The van der Waals surface area contributed by atoms with Crippen LogP contribution in [0.5, 0.6) is 0 Å². The van der Waals surface area contributed by atoms with Gasteiger partial charge in [-0.3, -0.25) is 4.79 Å². The van der Waals surface area contributed by atoms with E-state index >= 15 is 0 Å². The van der Waals surface area contributed by atoms with Gasteiger partial charge < -0.3 is 0 Å². The summed E-state index contributed by atoms with van der Waals surface area (Å²) in [4.78, 5) is 11.5. The molecule has 0 radical (unpaired) electrons. The summed E-state index contributed by atoms with van der Waals surface area (Å²) >= 11 is 0. The molecular formula is C18H22O. The van der Waals surface area contributed by atoms with E-state index in [0.717, 1.165) is 12.0 Å². The standard InChI is InChI=1S/C12H16O.C6H6/c1-10(2)8-9-12(13)11-6-4-3-5-7-11;1-2-4-6-5-3-1/h3-7,10H,8-9H2,1-2H3;1-6H. The number of hydrogen-bond donors (Lipinski definition) is 0. The lowest BCUT2D eigenvalue weighted by molar-refractivity contribution is 0.0975. The van der Waals surface area contributed by atoms with Gasteiger partial charge in [0.05, 0.1) is 0 Å². The molecule has 2 aromatic carbocycles. The Kier molecular flexibility index (Phi) is 7.26. The summed E-state index contributed by atoms with van der Waals surface area (Å²) in [6.07, 6.45) is 1.65. The Balaban J connectivity index is 0.000000250. The molecule has 0 aliphatic heterocycles. The molecule has 1 nitrogen and oxygen atoms in total. The minimum absolute atomic E-state index is 0.259. The lowest BCUT2D eigenvalue weighted by atomic mass is 10.0. The first kappa shape index (κ1) is 15.2. The Bertz CT molecular complexity index is 419. The maximum absolute atomic E-state index is 11.5. The molecule has 0 saturated heterocycles. The Hall–Kier alpha value is -1.89. The number of carbonyl (C=O) groups is 1. The summed E-state index contributed by atoms with van der Waals surface area (Å²) in [6.45, 7) is 4.27. The fraction of sp³-hybridized carbons (Fsp3) is 0.278. The monoisotopic (exact) mass is 254 g/mol. The fourth-order valence-electron chi connectivity index (χ4n) is 1.57. The van der Waals surface area contributed by atoms with E-state index in [1.807, 2.05) is 66.7 Å². The maximum Gasteiger partial charge on any atom is 0.162 e. The fourth-order valence-corrected chi connectivity index (χ4v) is 1.57. The molecule has 0 unspecified atom stereocenters. The zero-order chi connectivity index (χ0) is 13.9. The molecule has 0 atom stereocenters. The lowest BCUT2D eigenvalue weighted by Crippen LogP contribution is -2.00. The van der Waals surface area contributed by atoms with Crippen LogP contribution in [0.4, 0.5) is 0 Å². The van der Waals surface area contributed by atoms with E-state index in [-0.39, 0.29) is 5.78 Å². The number of ketones is 1. The van der Waals surface area contributed by atoms with Crippen molar-refractivity contribution >= 4 is 5.78 Å². The molecule has 0 aliphatic rings. The van der Waals surface area contributed by atoms with Crippen molar-refractivity contribution < 1.29 is 4.79 Å². The molecule has 100 valence electrons. The van der Waals surface area contributed by atoms with Crippen molar-refractivity contribution in [1.29, 1.82) is 0 Å². The van der Waals surface area contributed by atoms with Gasteiger partial charge in [-0.1, -0.05) is 80.6 Å². The van der Waals surface area contributed by atoms with Gasteiger partial charge in [0.15, 0.2) is 5.78 Å². The van der Waals surface area contributed by atoms with Crippen molar-refractivity contribution in [3.63, 3.8) is 0 Å². The Morgan fingerprint density at radius 1 is 0.842 bits per heavy atom. The molecule has 2 rings (SSSR count). The summed E-state index contributed by atoms with van der Waals surface area (Å²) in [5.41, 5.74) is 0.836. The molecule has 0 heterocycles. The molecule has 0 aromatic heterocycles. The molecule has 0 saturated carbocycles. The predicted molar refractivity (Wildman–Crippen MR) is 81.3 cm³/mol. The van der Waals surface area contributed by atoms with Crippen molar-refractivity contribution in [2.75, 3.05) is 0 Å². The third-order valence-corrected chi connectivity index (χ3v) is 2.71. The number of hydrogen-bond acceptors (Lipinski definition) is 1. The number of rotatable bonds is 4. The van der Waals surface area contributed by atoms with Crippen molar-refractivity contribution in [3.8, 4) is 0 Å². The second-order valence-corrected chi connectivity index (χ2v) is 4.88. The van der Waals surface area contributed by atoms with Crippen LogP contribution in [0.2, 0.25) is 0 Å². The highest BCUT2D eigenvalue weighted by Gasteiger charge is 2.05. The smallest absolute Gasteiger partial charge is 0.162 e. The third kappa shape index (κ3) is 7.20. The average Bonchev–Trinajstić information content (AvgIpc) is 2.48. The van der Waals surface area contributed by atoms with Gasteiger partial charge in [-0.25, -0.2) is 0 Å². The second-order valence-electron chi connectivity index (χ2n) is 4.88. The van der Waals surface area contributed by atoms with Crippen LogP contribution >= 0.6 is 0 Å². The molecule has 0 amide bonds. The molecule has 19 heavy (non-hydrogen) atoms. The minimum Gasteiger partial charge on any atom is -0.294 e. The van der Waals surface area contributed by atoms with E-state index in [0.29, 0.717) is 12.3 Å². The molecule has 0 spiro atoms. The van der Waals surface area contributed by atoms with Crippen LogP contribution in [0.25, 0.3) is 0 Å². The average molecular weight is 254 g/mol. The topological polar surface area (TPSA) is 17.1 Å². The summed E-state index contributed by atoms with van der Waals surface area (Å²) < 4.78 is 0. The minimum atomic E-state index is 0.259. The summed E-state index contributed by atoms with van der Waals surface area (Å²) in [7, 11) is 0. The van der Waals surface area contributed by atoms with E-state index in [1.54, 1.807) is 0 Å².